The second-order valence-corrected chi connectivity index (χ2v) is 5.73. The van der Waals surface area contributed by atoms with E-state index in [2.05, 4.69) is 36.3 Å². The molecule has 0 spiro atoms. The van der Waals surface area contributed by atoms with Crippen LogP contribution in [0, 0.1) is 13.8 Å². The highest BCUT2D eigenvalue weighted by molar-refractivity contribution is 6.07. The average molecular weight is 320 g/mol. The van der Waals surface area contributed by atoms with Gasteiger partial charge in [-0.1, -0.05) is 42.0 Å². The van der Waals surface area contributed by atoms with Crippen molar-refractivity contribution >= 4 is 28.2 Å². The van der Waals surface area contributed by atoms with E-state index in [-0.39, 0.29) is 5.97 Å². The Bertz CT molecular complexity index is 903. The molecule has 1 aromatic heterocycles. The zero-order valence-electron chi connectivity index (χ0n) is 14.1. The van der Waals surface area contributed by atoms with Gasteiger partial charge in [-0.2, -0.15) is 0 Å². The Labute approximate surface area is 141 Å². The minimum Gasteiger partial charge on any atom is -0.462 e. The van der Waals surface area contributed by atoms with E-state index in [0.29, 0.717) is 12.2 Å². The van der Waals surface area contributed by atoms with Crippen LogP contribution < -0.4 is 5.32 Å². The number of nitrogens with one attached hydrogen (secondary N) is 1. The second kappa shape index (κ2) is 6.71. The largest absolute Gasteiger partial charge is 0.462 e. The number of anilines is 2. The van der Waals surface area contributed by atoms with Gasteiger partial charge in [-0.3, -0.25) is 0 Å². The van der Waals surface area contributed by atoms with E-state index in [0.717, 1.165) is 27.8 Å². The molecule has 0 radical (unpaired) electrons. The smallest absolute Gasteiger partial charge is 0.340 e. The molecule has 1 heterocycles. The maximum absolute atomic E-state index is 12.1. The van der Waals surface area contributed by atoms with Gasteiger partial charge in [0.05, 0.1) is 12.2 Å². The lowest BCUT2D eigenvalue weighted by Crippen LogP contribution is -2.07. The van der Waals surface area contributed by atoms with Gasteiger partial charge in [-0.15, -0.1) is 0 Å². The third-order valence-electron chi connectivity index (χ3n) is 3.93. The molecule has 0 saturated carbocycles. The molecule has 122 valence electrons. The van der Waals surface area contributed by atoms with Crippen molar-refractivity contribution in [3.63, 3.8) is 0 Å². The lowest BCUT2D eigenvalue weighted by molar-refractivity contribution is 0.0528. The van der Waals surface area contributed by atoms with Crippen LogP contribution in [-0.2, 0) is 4.74 Å². The van der Waals surface area contributed by atoms with Gasteiger partial charge >= 0.3 is 5.97 Å². The number of ether oxygens (including phenoxy) is 1. The van der Waals surface area contributed by atoms with E-state index in [1.807, 2.05) is 30.3 Å². The summed E-state index contributed by atoms with van der Waals surface area (Å²) in [7, 11) is 0. The van der Waals surface area contributed by atoms with E-state index < -0.39 is 0 Å². The fourth-order valence-electron chi connectivity index (χ4n) is 2.75. The predicted molar refractivity (Wildman–Crippen MR) is 96.9 cm³/mol. The van der Waals surface area contributed by atoms with Gasteiger partial charge < -0.3 is 10.1 Å². The molecule has 24 heavy (non-hydrogen) atoms. The first kappa shape index (κ1) is 16.0. The molecule has 0 aliphatic heterocycles. The Balaban J connectivity index is 2.06. The van der Waals surface area contributed by atoms with Crippen molar-refractivity contribution in [1.29, 1.82) is 0 Å². The van der Waals surface area contributed by atoms with Crippen LogP contribution in [0.15, 0.2) is 48.7 Å². The molecule has 0 atom stereocenters. The van der Waals surface area contributed by atoms with Gasteiger partial charge in [0.1, 0.15) is 5.82 Å². The van der Waals surface area contributed by atoms with Crippen LogP contribution in [0.4, 0.5) is 11.5 Å². The highest BCUT2D eigenvalue weighted by Crippen LogP contribution is 2.28. The number of aryl methyl sites for hydroxylation is 2. The van der Waals surface area contributed by atoms with Crippen LogP contribution in [0.25, 0.3) is 10.8 Å². The summed E-state index contributed by atoms with van der Waals surface area (Å²) < 4.78 is 5.13. The van der Waals surface area contributed by atoms with Crippen molar-refractivity contribution in [3.8, 4) is 0 Å². The Hall–Kier alpha value is -2.88. The maximum Gasteiger partial charge on any atom is 0.340 e. The fraction of sp³-hybridized carbons (Fsp3) is 0.200. The number of nitrogens with zero attached hydrogens (tertiary/aromatic N) is 1. The molecule has 0 unspecified atom stereocenters. The van der Waals surface area contributed by atoms with Gasteiger partial charge in [0.2, 0.25) is 0 Å². The molecular formula is C20H20N2O2. The summed E-state index contributed by atoms with van der Waals surface area (Å²) in [5.41, 5.74) is 3.85. The summed E-state index contributed by atoms with van der Waals surface area (Å²) in [6.07, 6.45) is 1.58. The number of rotatable bonds is 4. The molecule has 2 aromatic carbocycles. The molecule has 0 aliphatic carbocycles. The minimum atomic E-state index is -0.348. The second-order valence-electron chi connectivity index (χ2n) is 5.73. The summed E-state index contributed by atoms with van der Waals surface area (Å²) in [4.78, 5) is 16.6. The number of aromatic nitrogens is 1. The first-order valence-electron chi connectivity index (χ1n) is 7.99. The summed E-state index contributed by atoms with van der Waals surface area (Å²) in [6.45, 7) is 6.27. The number of benzene rings is 2. The average Bonchev–Trinajstić information content (AvgIpc) is 2.57. The van der Waals surface area contributed by atoms with Crippen molar-refractivity contribution in [1.82, 2.24) is 4.98 Å². The third-order valence-corrected chi connectivity index (χ3v) is 3.93. The van der Waals surface area contributed by atoms with E-state index in [9.17, 15) is 4.79 Å². The van der Waals surface area contributed by atoms with E-state index in [1.54, 1.807) is 13.1 Å². The van der Waals surface area contributed by atoms with Crippen molar-refractivity contribution in [3.05, 3.63) is 65.4 Å². The zero-order valence-corrected chi connectivity index (χ0v) is 14.1. The molecule has 0 saturated heterocycles. The van der Waals surface area contributed by atoms with Crippen LogP contribution in [0.2, 0.25) is 0 Å². The Kier molecular flexibility index (Phi) is 4.47. The Morgan fingerprint density at radius 2 is 1.88 bits per heavy atom. The highest BCUT2D eigenvalue weighted by atomic mass is 16.5. The van der Waals surface area contributed by atoms with Crippen LogP contribution >= 0.6 is 0 Å². The van der Waals surface area contributed by atoms with Crippen molar-refractivity contribution in [2.24, 2.45) is 0 Å². The molecule has 1 N–H and O–H groups in total. The van der Waals surface area contributed by atoms with Gasteiger partial charge in [0.15, 0.2) is 0 Å². The molecule has 0 bridgehead atoms. The van der Waals surface area contributed by atoms with Gasteiger partial charge in [-0.05, 0) is 32.4 Å². The summed E-state index contributed by atoms with van der Waals surface area (Å²) in [6, 6.07) is 13.9. The lowest BCUT2D eigenvalue weighted by Gasteiger charge is -2.13. The van der Waals surface area contributed by atoms with Crippen LogP contribution in [0.3, 0.4) is 0 Å². The fourth-order valence-corrected chi connectivity index (χ4v) is 2.75. The van der Waals surface area contributed by atoms with Gasteiger partial charge in [0, 0.05) is 22.7 Å². The van der Waals surface area contributed by atoms with Gasteiger partial charge in [0.25, 0.3) is 0 Å². The lowest BCUT2D eigenvalue weighted by atomic mass is 10.1. The van der Waals surface area contributed by atoms with Crippen molar-refractivity contribution in [2.75, 3.05) is 11.9 Å². The van der Waals surface area contributed by atoms with Crippen molar-refractivity contribution < 1.29 is 9.53 Å². The molecule has 0 aliphatic rings. The third kappa shape index (κ3) is 3.08. The van der Waals surface area contributed by atoms with E-state index >= 15 is 0 Å². The summed E-state index contributed by atoms with van der Waals surface area (Å²) in [5.74, 6) is 0.380. The maximum atomic E-state index is 12.1. The van der Waals surface area contributed by atoms with Crippen LogP contribution in [0.1, 0.15) is 28.4 Å². The monoisotopic (exact) mass is 320 g/mol. The number of fused-ring (bicyclic) bond motifs is 1. The minimum absolute atomic E-state index is 0.343. The molecule has 0 fully saturated rings. The predicted octanol–water partition coefficient (Wildman–Crippen LogP) is 4.77. The number of hydrogen-bond donors (Lipinski definition) is 1. The number of pyridine rings is 1. The van der Waals surface area contributed by atoms with Crippen LogP contribution in [-0.4, -0.2) is 17.6 Å². The molecular weight excluding hydrogens is 300 g/mol. The Morgan fingerprint density at radius 3 is 2.58 bits per heavy atom. The molecule has 3 aromatic rings. The van der Waals surface area contributed by atoms with E-state index in [1.165, 1.54) is 5.56 Å². The van der Waals surface area contributed by atoms with Crippen LogP contribution in [0.5, 0.6) is 0 Å². The number of esters is 1. The first-order chi connectivity index (χ1) is 11.6. The summed E-state index contributed by atoms with van der Waals surface area (Å²) >= 11 is 0. The highest BCUT2D eigenvalue weighted by Gasteiger charge is 2.14. The number of carbonyl (C=O) groups excluding carboxylic acids is 1. The molecule has 0 amide bonds. The molecule has 4 nitrogen and oxygen atoms in total. The molecule has 3 rings (SSSR count). The quantitative estimate of drug-likeness (QED) is 0.703. The zero-order chi connectivity index (χ0) is 17.1. The first-order valence-corrected chi connectivity index (χ1v) is 7.99. The normalized spacial score (nSPS) is 10.6. The van der Waals surface area contributed by atoms with E-state index in [4.69, 9.17) is 4.74 Å². The standard InChI is InChI=1S/C20H20N2O2/c1-4-24-20(23)17-12-21-19(16-8-6-5-7-15(16)17)22-18-10-9-13(2)11-14(18)3/h5-12H,4H2,1-3H3,(H,21,22). The molecule has 4 heteroatoms. The van der Waals surface area contributed by atoms with Crippen molar-refractivity contribution in [2.45, 2.75) is 20.8 Å². The Morgan fingerprint density at radius 1 is 1.12 bits per heavy atom. The SMILES string of the molecule is CCOC(=O)c1cnc(Nc2ccc(C)cc2C)c2ccccc12. The number of hydrogen-bond acceptors (Lipinski definition) is 4. The summed E-state index contributed by atoms with van der Waals surface area (Å²) in [5, 5.41) is 5.10. The number of carbonyl (C=O) groups is 1. The topological polar surface area (TPSA) is 51.2 Å². The van der Waals surface area contributed by atoms with Gasteiger partial charge in [-0.25, -0.2) is 9.78 Å².